The molecule has 0 aromatic rings. The van der Waals surface area contributed by atoms with Gasteiger partial charge in [-0.15, -0.1) is 0 Å². The number of aliphatic hydroxyl groups is 1. The van der Waals surface area contributed by atoms with E-state index in [0.29, 0.717) is 5.92 Å². The second-order valence-electron chi connectivity index (χ2n) is 6.96. The van der Waals surface area contributed by atoms with Gasteiger partial charge in [-0.2, -0.15) is 0 Å². The van der Waals surface area contributed by atoms with Crippen molar-refractivity contribution in [3.8, 4) is 0 Å². The van der Waals surface area contributed by atoms with E-state index in [1.54, 1.807) is 0 Å². The highest BCUT2D eigenvalue weighted by Gasteiger charge is 2.35. The molecular weight excluding hydrogens is 280 g/mol. The molecule has 0 heterocycles. The maximum Gasteiger partial charge on any atom is 0.193 e. The second-order valence-corrected chi connectivity index (χ2v) is 11.7. The first-order chi connectivity index (χ1) is 9.71. The van der Waals surface area contributed by atoms with Crippen molar-refractivity contribution >= 4 is 14.1 Å². The molecule has 0 fully saturated rings. The summed E-state index contributed by atoms with van der Waals surface area (Å²) in [5, 5.41) is 9.98. The average molecular weight is 317 g/mol. The third kappa shape index (κ3) is 7.07. The summed E-state index contributed by atoms with van der Waals surface area (Å²) in [4.78, 5) is 12.6. The summed E-state index contributed by atoms with van der Waals surface area (Å²) in [6, 6.07) is 3.15. The number of ketones is 1. The van der Waals surface area contributed by atoms with Gasteiger partial charge in [0.2, 0.25) is 0 Å². The zero-order valence-electron chi connectivity index (χ0n) is 15.1. The van der Waals surface area contributed by atoms with Crippen molar-refractivity contribution in [2.75, 3.05) is 0 Å². The minimum Gasteiger partial charge on any atom is -0.407 e. The SMILES string of the molecule is CC[Si](CC)(CC)O[C@@H](CC(C)C)C(=O)C[C@H](O)C(C)C. The zero-order chi connectivity index (χ0) is 16.6. The fourth-order valence-electron chi connectivity index (χ4n) is 2.55. The van der Waals surface area contributed by atoms with Crippen LogP contribution >= 0.6 is 0 Å². The summed E-state index contributed by atoms with van der Waals surface area (Å²) in [6.07, 6.45) is 0.0938. The van der Waals surface area contributed by atoms with Gasteiger partial charge < -0.3 is 9.53 Å². The molecule has 3 nitrogen and oxygen atoms in total. The Morgan fingerprint density at radius 3 is 1.86 bits per heavy atom. The topological polar surface area (TPSA) is 46.5 Å². The molecule has 1 N–H and O–H groups in total. The molecule has 0 saturated carbocycles. The van der Waals surface area contributed by atoms with Crippen LogP contribution in [0.1, 0.15) is 61.3 Å². The van der Waals surface area contributed by atoms with E-state index in [2.05, 4.69) is 34.6 Å². The highest BCUT2D eigenvalue weighted by molar-refractivity contribution is 6.73. The third-order valence-electron chi connectivity index (χ3n) is 4.55. The summed E-state index contributed by atoms with van der Waals surface area (Å²) in [5.41, 5.74) is 0. The number of hydrogen-bond acceptors (Lipinski definition) is 3. The molecule has 0 aliphatic carbocycles. The number of carbonyl (C=O) groups excluding carboxylic acids is 1. The molecule has 126 valence electrons. The van der Waals surface area contributed by atoms with Crippen LogP contribution in [0.4, 0.5) is 0 Å². The van der Waals surface area contributed by atoms with E-state index >= 15 is 0 Å². The Hall–Kier alpha value is -0.193. The number of rotatable bonds is 11. The number of Topliss-reactive ketones (excluding diaryl/α,β-unsaturated/α-hetero) is 1. The molecule has 0 radical (unpaired) electrons. The van der Waals surface area contributed by atoms with Gasteiger partial charge in [0, 0.05) is 6.42 Å². The lowest BCUT2D eigenvalue weighted by Gasteiger charge is -2.33. The van der Waals surface area contributed by atoms with E-state index < -0.39 is 14.4 Å². The summed E-state index contributed by atoms with van der Waals surface area (Å²) < 4.78 is 6.42. The summed E-state index contributed by atoms with van der Waals surface area (Å²) in [7, 11) is -1.79. The van der Waals surface area contributed by atoms with Gasteiger partial charge in [0.05, 0.1) is 6.10 Å². The van der Waals surface area contributed by atoms with Gasteiger partial charge in [0.25, 0.3) is 0 Å². The molecule has 0 bridgehead atoms. The first-order valence-electron chi connectivity index (χ1n) is 8.59. The van der Waals surface area contributed by atoms with E-state index in [9.17, 15) is 9.90 Å². The Balaban J connectivity index is 4.98. The Morgan fingerprint density at radius 2 is 1.52 bits per heavy atom. The van der Waals surface area contributed by atoms with Gasteiger partial charge >= 0.3 is 0 Å². The lowest BCUT2D eigenvalue weighted by Crippen LogP contribution is -2.44. The van der Waals surface area contributed by atoms with E-state index in [1.807, 2.05) is 13.8 Å². The van der Waals surface area contributed by atoms with Crippen molar-refractivity contribution in [2.45, 2.75) is 91.6 Å². The molecule has 0 aromatic heterocycles. The fraction of sp³-hybridized carbons (Fsp3) is 0.941. The van der Waals surface area contributed by atoms with Crippen LogP contribution in [0.3, 0.4) is 0 Å². The fourth-order valence-corrected chi connectivity index (χ4v) is 5.38. The van der Waals surface area contributed by atoms with Crippen molar-refractivity contribution in [3.63, 3.8) is 0 Å². The van der Waals surface area contributed by atoms with Crippen LogP contribution in [0, 0.1) is 11.8 Å². The number of hydrogen-bond donors (Lipinski definition) is 1. The lowest BCUT2D eigenvalue weighted by atomic mass is 9.96. The minimum atomic E-state index is -1.79. The van der Waals surface area contributed by atoms with Crippen molar-refractivity contribution < 1.29 is 14.3 Å². The molecule has 0 amide bonds. The quantitative estimate of drug-likeness (QED) is 0.575. The molecule has 21 heavy (non-hydrogen) atoms. The Morgan fingerprint density at radius 1 is 1.05 bits per heavy atom. The summed E-state index contributed by atoms with van der Waals surface area (Å²) in [6.45, 7) is 14.7. The van der Waals surface area contributed by atoms with Crippen molar-refractivity contribution in [2.24, 2.45) is 11.8 Å². The van der Waals surface area contributed by atoms with Gasteiger partial charge in [0.1, 0.15) is 6.10 Å². The summed E-state index contributed by atoms with van der Waals surface area (Å²) >= 11 is 0. The van der Waals surface area contributed by atoms with Crippen LogP contribution in [0.2, 0.25) is 18.1 Å². The Labute approximate surface area is 132 Å². The standard InChI is InChI=1S/C17H36O3Si/c1-8-21(9-2,10-3)20-17(11-13(4)5)16(19)12-15(18)14(6)7/h13-15,17-18H,8-12H2,1-7H3/t15-,17-/m0/s1. The molecule has 0 aromatic carbocycles. The maximum atomic E-state index is 12.6. The minimum absolute atomic E-state index is 0.0807. The highest BCUT2D eigenvalue weighted by Crippen LogP contribution is 2.27. The van der Waals surface area contributed by atoms with Crippen LogP contribution in [0.5, 0.6) is 0 Å². The molecule has 0 rings (SSSR count). The lowest BCUT2D eigenvalue weighted by molar-refractivity contribution is -0.129. The zero-order valence-corrected chi connectivity index (χ0v) is 16.1. The Bertz CT molecular complexity index is 290. The Kier molecular flexibility index (Phi) is 9.66. The van der Waals surface area contributed by atoms with Crippen LogP contribution in [-0.4, -0.2) is 31.4 Å². The molecule has 2 atom stereocenters. The molecule has 0 saturated heterocycles. The molecule has 4 heteroatoms. The highest BCUT2D eigenvalue weighted by atomic mass is 28.4. The van der Waals surface area contributed by atoms with Gasteiger partial charge in [0.15, 0.2) is 14.1 Å². The van der Waals surface area contributed by atoms with Crippen LogP contribution in [-0.2, 0) is 9.22 Å². The molecule has 0 aliphatic rings. The molecule has 0 unspecified atom stereocenters. The predicted molar refractivity (Wildman–Crippen MR) is 92.0 cm³/mol. The largest absolute Gasteiger partial charge is 0.407 e. The van der Waals surface area contributed by atoms with Crippen molar-refractivity contribution in [3.05, 3.63) is 0 Å². The van der Waals surface area contributed by atoms with E-state index in [0.717, 1.165) is 24.6 Å². The van der Waals surface area contributed by atoms with E-state index in [4.69, 9.17) is 4.43 Å². The van der Waals surface area contributed by atoms with Gasteiger partial charge in [-0.1, -0.05) is 48.5 Å². The number of aliphatic hydroxyl groups excluding tert-OH is 1. The number of carbonyl (C=O) groups is 1. The predicted octanol–water partition coefficient (Wildman–Crippen LogP) is 4.40. The van der Waals surface area contributed by atoms with Crippen LogP contribution in [0.25, 0.3) is 0 Å². The molecule has 0 aliphatic heterocycles. The van der Waals surface area contributed by atoms with Crippen molar-refractivity contribution in [1.82, 2.24) is 0 Å². The van der Waals surface area contributed by atoms with Gasteiger partial charge in [-0.3, -0.25) is 4.79 Å². The van der Waals surface area contributed by atoms with Crippen LogP contribution in [0.15, 0.2) is 0 Å². The summed E-state index contributed by atoms with van der Waals surface area (Å²) in [5.74, 6) is 0.615. The average Bonchev–Trinajstić information content (AvgIpc) is 2.43. The van der Waals surface area contributed by atoms with Crippen LogP contribution < -0.4 is 0 Å². The smallest absolute Gasteiger partial charge is 0.193 e. The van der Waals surface area contributed by atoms with Gasteiger partial charge in [-0.05, 0) is 36.4 Å². The first kappa shape index (κ1) is 20.8. The molecule has 0 spiro atoms. The monoisotopic (exact) mass is 316 g/mol. The molecular formula is C17H36O3Si. The van der Waals surface area contributed by atoms with Crippen molar-refractivity contribution in [1.29, 1.82) is 0 Å². The normalized spacial score (nSPS) is 15.5. The first-order valence-corrected chi connectivity index (χ1v) is 11.1. The van der Waals surface area contributed by atoms with E-state index in [-0.39, 0.29) is 24.2 Å². The third-order valence-corrected chi connectivity index (χ3v) is 9.20. The maximum absolute atomic E-state index is 12.6. The second kappa shape index (κ2) is 9.75. The van der Waals surface area contributed by atoms with Gasteiger partial charge in [-0.25, -0.2) is 0 Å². The van der Waals surface area contributed by atoms with E-state index in [1.165, 1.54) is 0 Å².